The number of carbonyl (C=O) groups excluding carboxylic acids is 1. The van der Waals surface area contributed by atoms with E-state index in [1.54, 1.807) is 0 Å². The quantitative estimate of drug-likeness (QED) is 0.839. The summed E-state index contributed by atoms with van der Waals surface area (Å²) in [4.78, 5) is 13.4. The summed E-state index contributed by atoms with van der Waals surface area (Å²) in [6.45, 7) is 5.08. The third kappa shape index (κ3) is 4.37. The number of rotatable bonds is 5. The lowest BCUT2D eigenvalue weighted by Gasteiger charge is -2.34. The summed E-state index contributed by atoms with van der Waals surface area (Å²) < 4.78 is 38.0. The van der Waals surface area contributed by atoms with Gasteiger partial charge in [-0.05, 0) is 31.7 Å². The van der Waals surface area contributed by atoms with Crippen molar-refractivity contribution in [1.82, 2.24) is 10.2 Å². The van der Waals surface area contributed by atoms with E-state index < -0.39 is 24.7 Å². The van der Waals surface area contributed by atoms with Gasteiger partial charge >= 0.3 is 6.18 Å². The summed E-state index contributed by atoms with van der Waals surface area (Å²) >= 11 is 0. The molecule has 0 aromatic heterocycles. The Kier molecular flexibility index (Phi) is 5.64. The first-order valence-electron chi connectivity index (χ1n) is 6.90. The smallest absolute Gasteiger partial charge is 0.329 e. The van der Waals surface area contributed by atoms with Gasteiger partial charge in [-0.2, -0.15) is 13.2 Å². The summed E-state index contributed by atoms with van der Waals surface area (Å²) in [5.74, 6) is -0.311. The highest BCUT2D eigenvalue weighted by molar-refractivity contribution is 5.83. The standard InChI is InChI=1S/C13H23F3N2O/c1-4-10(5-2)18(8-13(14,15)16)12(19)11-9(3)6-7-17-11/h9-11,17H,4-8H2,1-3H3. The fourth-order valence-corrected chi connectivity index (χ4v) is 2.65. The monoisotopic (exact) mass is 280 g/mol. The van der Waals surface area contributed by atoms with Gasteiger partial charge in [-0.15, -0.1) is 0 Å². The van der Waals surface area contributed by atoms with E-state index >= 15 is 0 Å². The highest BCUT2D eigenvalue weighted by Crippen LogP contribution is 2.24. The third-order valence-corrected chi connectivity index (χ3v) is 3.81. The predicted molar refractivity (Wildman–Crippen MR) is 67.7 cm³/mol. The second-order valence-corrected chi connectivity index (χ2v) is 5.25. The summed E-state index contributed by atoms with van der Waals surface area (Å²) in [7, 11) is 0. The Morgan fingerprint density at radius 2 is 1.95 bits per heavy atom. The minimum Gasteiger partial charge on any atom is -0.329 e. The average Bonchev–Trinajstić information content (AvgIpc) is 2.73. The molecule has 19 heavy (non-hydrogen) atoms. The molecule has 1 aliphatic rings. The fourth-order valence-electron chi connectivity index (χ4n) is 2.65. The van der Waals surface area contributed by atoms with Crippen molar-refractivity contribution in [2.45, 2.75) is 58.3 Å². The van der Waals surface area contributed by atoms with Gasteiger partial charge in [-0.25, -0.2) is 0 Å². The van der Waals surface area contributed by atoms with E-state index in [4.69, 9.17) is 0 Å². The second kappa shape index (κ2) is 6.59. The Labute approximate surface area is 112 Å². The van der Waals surface area contributed by atoms with Crippen LogP contribution in [0.1, 0.15) is 40.0 Å². The zero-order chi connectivity index (χ0) is 14.6. The lowest BCUT2D eigenvalue weighted by Crippen LogP contribution is -2.52. The molecule has 112 valence electrons. The van der Waals surface area contributed by atoms with Gasteiger partial charge in [0.15, 0.2) is 0 Å². The summed E-state index contributed by atoms with van der Waals surface area (Å²) in [5.41, 5.74) is 0. The molecule has 1 heterocycles. The Hall–Kier alpha value is -0.780. The molecular formula is C13H23F3N2O. The number of hydrogen-bond donors (Lipinski definition) is 1. The number of hydrogen-bond acceptors (Lipinski definition) is 2. The topological polar surface area (TPSA) is 32.3 Å². The SMILES string of the molecule is CCC(CC)N(CC(F)(F)F)C(=O)C1NCCC1C. The van der Waals surface area contributed by atoms with Crippen LogP contribution in [0.5, 0.6) is 0 Å². The first-order valence-corrected chi connectivity index (χ1v) is 6.90. The first kappa shape index (κ1) is 16.3. The van der Waals surface area contributed by atoms with Gasteiger partial charge in [0.05, 0.1) is 6.04 Å². The van der Waals surface area contributed by atoms with Gasteiger partial charge in [0, 0.05) is 6.04 Å². The van der Waals surface area contributed by atoms with Crippen LogP contribution in [-0.2, 0) is 4.79 Å². The molecule has 1 amide bonds. The minimum absolute atomic E-state index is 0.0950. The molecule has 3 nitrogen and oxygen atoms in total. The average molecular weight is 280 g/mol. The number of nitrogens with zero attached hydrogens (tertiary/aromatic N) is 1. The molecule has 1 aliphatic heterocycles. The molecule has 6 heteroatoms. The maximum absolute atomic E-state index is 12.7. The Morgan fingerprint density at radius 1 is 1.37 bits per heavy atom. The Bertz CT molecular complexity index is 303. The zero-order valence-corrected chi connectivity index (χ0v) is 11.8. The number of carbonyl (C=O) groups is 1. The molecule has 0 bridgehead atoms. The van der Waals surface area contributed by atoms with Crippen LogP contribution in [-0.4, -0.2) is 42.2 Å². The normalized spacial score (nSPS) is 23.9. The number of halogens is 3. The molecule has 0 aromatic carbocycles. The molecule has 0 spiro atoms. The zero-order valence-electron chi connectivity index (χ0n) is 11.8. The van der Waals surface area contributed by atoms with E-state index in [1.165, 1.54) is 0 Å². The van der Waals surface area contributed by atoms with Crippen molar-refractivity contribution in [2.24, 2.45) is 5.92 Å². The molecule has 1 saturated heterocycles. The van der Waals surface area contributed by atoms with Crippen molar-refractivity contribution in [3.63, 3.8) is 0 Å². The van der Waals surface area contributed by atoms with Crippen LogP contribution in [0, 0.1) is 5.92 Å². The molecular weight excluding hydrogens is 257 g/mol. The van der Waals surface area contributed by atoms with E-state index in [2.05, 4.69) is 5.32 Å². The van der Waals surface area contributed by atoms with E-state index in [1.807, 2.05) is 20.8 Å². The van der Waals surface area contributed by atoms with Crippen LogP contribution < -0.4 is 5.32 Å². The molecule has 0 aliphatic carbocycles. The minimum atomic E-state index is -4.35. The molecule has 1 N–H and O–H groups in total. The number of nitrogens with one attached hydrogen (secondary N) is 1. The van der Waals surface area contributed by atoms with E-state index in [0.29, 0.717) is 19.4 Å². The summed E-state index contributed by atoms with van der Waals surface area (Å²) in [6, 6.07) is -0.813. The lowest BCUT2D eigenvalue weighted by molar-refractivity contribution is -0.167. The van der Waals surface area contributed by atoms with Crippen LogP contribution >= 0.6 is 0 Å². The van der Waals surface area contributed by atoms with Crippen molar-refractivity contribution in [1.29, 1.82) is 0 Å². The second-order valence-electron chi connectivity index (χ2n) is 5.25. The fraction of sp³-hybridized carbons (Fsp3) is 0.923. The largest absolute Gasteiger partial charge is 0.406 e. The van der Waals surface area contributed by atoms with E-state index in [9.17, 15) is 18.0 Å². The van der Waals surface area contributed by atoms with E-state index in [-0.39, 0.29) is 12.0 Å². The van der Waals surface area contributed by atoms with Crippen molar-refractivity contribution in [3.05, 3.63) is 0 Å². The van der Waals surface area contributed by atoms with Gasteiger partial charge in [0.1, 0.15) is 6.54 Å². The van der Waals surface area contributed by atoms with Crippen LogP contribution in [0.15, 0.2) is 0 Å². The highest BCUT2D eigenvalue weighted by atomic mass is 19.4. The van der Waals surface area contributed by atoms with Crippen molar-refractivity contribution < 1.29 is 18.0 Å². The molecule has 2 atom stereocenters. The highest BCUT2D eigenvalue weighted by Gasteiger charge is 2.40. The molecule has 2 unspecified atom stereocenters. The van der Waals surface area contributed by atoms with Crippen molar-refractivity contribution in [2.75, 3.05) is 13.1 Å². The lowest BCUT2D eigenvalue weighted by atomic mass is 10.0. The molecule has 1 fully saturated rings. The van der Waals surface area contributed by atoms with Gasteiger partial charge in [0.2, 0.25) is 5.91 Å². The number of alkyl halides is 3. The maximum atomic E-state index is 12.7. The van der Waals surface area contributed by atoms with E-state index in [0.717, 1.165) is 11.3 Å². The van der Waals surface area contributed by atoms with Gasteiger partial charge in [-0.1, -0.05) is 20.8 Å². The van der Waals surface area contributed by atoms with Crippen LogP contribution in [0.3, 0.4) is 0 Å². The number of amides is 1. The Morgan fingerprint density at radius 3 is 2.32 bits per heavy atom. The van der Waals surface area contributed by atoms with Crippen LogP contribution in [0.25, 0.3) is 0 Å². The Balaban J connectivity index is 2.85. The maximum Gasteiger partial charge on any atom is 0.406 e. The van der Waals surface area contributed by atoms with Gasteiger partial charge in [-0.3, -0.25) is 4.79 Å². The van der Waals surface area contributed by atoms with Crippen LogP contribution in [0.4, 0.5) is 13.2 Å². The third-order valence-electron chi connectivity index (χ3n) is 3.81. The molecule has 0 saturated carbocycles. The van der Waals surface area contributed by atoms with Crippen molar-refractivity contribution >= 4 is 5.91 Å². The molecule has 0 radical (unpaired) electrons. The predicted octanol–water partition coefficient (Wildman–Crippen LogP) is 2.56. The molecule has 0 aromatic rings. The van der Waals surface area contributed by atoms with Crippen molar-refractivity contribution in [3.8, 4) is 0 Å². The van der Waals surface area contributed by atoms with Crippen LogP contribution in [0.2, 0.25) is 0 Å². The summed E-state index contributed by atoms with van der Waals surface area (Å²) in [6.07, 6.45) is -2.43. The summed E-state index contributed by atoms with van der Waals surface area (Å²) in [5, 5.41) is 3.02. The van der Waals surface area contributed by atoms with Gasteiger partial charge < -0.3 is 10.2 Å². The van der Waals surface area contributed by atoms with Gasteiger partial charge in [0.25, 0.3) is 0 Å². The molecule has 1 rings (SSSR count). The first-order chi connectivity index (χ1) is 8.80.